The smallest absolute Gasteiger partial charge is 0.410 e. The van der Waals surface area contributed by atoms with Gasteiger partial charge in [0.15, 0.2) is 0 Å². The van der Waals surface area contributed by atoms with Crippen molar-refractivity contribution in [2.75, 3.05) is 13.1 Å². The second-order valence-electron chi connectivity index (χ2n) is 4.81. The molecule has 2 unspecified atom stereocenters. The fourth-order valence-corrected chi connectivity index (χ4v) is 2.18. The first-order chi connectivity index (χ1) is 7.15. The van der Waals surface area contributed by atoms with E-state index in [1.807, 2.05) is 4.90 Å². The predicted octanol–water partition coefficient (Wildman–Crippen LogP) is 1.36. The summed E-state index contributed by atoms with van der Waals surface area (Å²) in [5, 5.41) is 3.40. The van der Waals surface area contributed by atoms with E-state index >= 15 is 0 Å². The molecule has 2 fully saturated rings. The van der Waals surface area contributed by atoms with E-state index in [0.717, 1.165) is 25.9 Å². The molecule has 1 N–H and O–H groups in total. The van der Waals surface area contributed by atoms with Gasteiger partial charge in [-0.25, -0.2) is 4.79 Å². The van der Waals surface area contributed by atoms with Gasteiger partial charge >= 0.3 is 6.09 Å². The molecule has 2 aliphatic rings. The first-order valence-corrected chi connectivity index (χ1v) is 5.87. The SMILES string of the molecule is CC1CN(C(=O)OC2CCC2)CC(C)N1. The van der Waals surface area contributed by atoms with Gasteiger partial charge in [0.2, 0.25) is 0 Å². The summed E-state index contributed by atoms with van der Waals surface area (Å²) in [6.45, 7) is 5.71. The van der Waals surface area contributed by atoms with E-state index in [4.69, 9.17) is 4.74 Å². The van der Waals surface area contributed by atoms with Crippen LogP contribution in [0.4, 0.5) is 4.79 Å². The molecule has 0 aromatic rings. The van der Waals surface area contributed by atoms with E-state index < -0.39 is 0 Å². The van der Waals surface area contributed by atoms with Crippen LogP contribution in [0.3, 0.4) is 0 Å². The van der Waals surface area contributed by atoms with Gasteiger partial charge in [0, 0.05) is 25.2 Å². The number of carbonyl (C=O) groups excluding carboxylic acids is 1. The molecule has 1 aliphatic carbocycles. The van der Waals surface area contributed by atoms with Crippen LogP contribution >= 0.6 is 0 Å². The highest BCUT2D eigenvalue weighted by Crippen LogP contribution is 2.23. The Hall–Kier alpha value is -0.770. The minimum atomic E-state index is -0.125. The zero-order valence-corrected chi connectivity index (χ0v) is 9.53. The molecular weight excluding hydrogens is 192 g/mol. The lowest BCUT2D eigenvalue weighted by Crippen LogP contribution is -2.56. The highest BCUT2D eigenvalue weighted by atomic mass is 16.6. The Balaban J connectivity index is 1.82. The molecular formula is C11H20N2O2. The molecule has 1 saturated carbocycles. The Bertz CT molecular complexity index is 231. The highest BCUT2D eigenvalue weighted by Gasteiger charge is 2.29. The van der Waals surface area contributed by atoms with Crippen LogP contribution in [-0.2, 0) is 4.74 Å². The maximum Gasteiger partial charge on any atom is 0.410 e. The molecule has 0 aromatic carbocycles. The second kappa shape index (κ2) is 4.39. The first kappa shape index (κ1) is 10.7. The standard InChI is InChI=1S/C11H20N2O2/c1-8-6-13(7-9(2)12-8)11(14)15-10-4-3-5-10/h8-10,12H,3-7H2,1-2H3. The zero-order valence-electron chi connectivity index (χ0n) is 9.53. The number of amides is 1. The van der Waals surface area contributed by atoms with Crippen LogP contribution in [0.25, 0.3) is 0 Å². The lowest BCUT2D eigenvalue weighted by atomic mass is 9.96. The Morgan fingerprint density at radius 3 is 2.33 bits per heavy atom. The molecule has 0 spiro atoms. The molecule has 1 amide bonds. The molecule has 4 nitrogen and oxygen atoms in total. The van der Waals surface area contributed by atoms with E-state index in [9.17, 15) is 4.79 Å². The first-order valence-electron chi connectivity index (χ1n) is 5.87. The summed E-state index contributed by atoms with van der Waals surface area (Å²) >= 11 is 0. The second-order valence-corrected chi connectivity index (χ2v) is 4.81. The number of nitrogens with zero attached hydrogens (tertiary/aromatic N) is 1. The molecule has 0 radical (unpaired) electrons. The summed E-state index contributed by atoms with van der Waals surface area (Å²) in [7, 11) is 0. The Morgan fingerprint density at radius 2 is 1.87 bits per heavy atom. The fraction of sp³-hybridized carbons (Fsp3) is 0.909. The van der Waals surface area contributed by atoms with Crippen molar-refractivity contribution in [2.45, 2.75) is 51.3 Å². The van der Waals surface area contributed by atoms with E-state index in [-0.39, 0.29) is 12.2 Å². The molecule has 4 heteroatoms. The third-order valence-corrected chi connectivity index (χ3v) is 3.14. The topological polar surface area (TPSA) is 41.6 Å². The molecule has 2 rings (SSSR count). The molecule has 86 valence electrons. The molecule has 1 saturated heterocycles. The summed E-state index contributed by atoms with van der Waals surface area (Å²) in [6.07, 6.45) is 3.36. The molecule has 2 atom stereocenters. The zero-order chi connectivity index (χ0) is 10.8. The molecule has 1 aliphatic heterocycles. The van der Waals surface area contributed by atoms with Gasteiger partial charge in [-0.1, -0.05) is 0 Å². The van der Waals surface area contributed by atoms with Crippen molar-refractivity contribution >= 4 is 6.09 Å². The van der Waals surface area contributed by atoms with E-state index in [1.54, 1.807) is 0 Å². The third kappa shape index (κ3) is 2.62. The number of ether oxygens (including phenoxy) is 1. The Kier molecular flexibility index (Phi) is 3.14. The summed E-state index contributed by atoms with van der Waals surface area (Å²) < 4.78 is 5.38. The van der Waals surface area contributed by atoms with Crippen LogP contribution < -0.4 is 5.32 Å². The van der Waals surface area contributed by atoms with Gasteiger partial charge in [0.05, 0.1) is 0 Å². The number of piperazine rings is 1. The number of carbonyl (C=O) groups is 1. The van der Waals surface area contributed by atoms with Gasteiger partial charge in [0.25, 0.3) is 0 Å². The Labute approximate surface area is 91.0 Å². The summed E-state index contributed by atoms with van der Waals surface area (Å²) in [6, 6.07) is 0.727. The molecule has 0 bridgehead atoms. The maximum atomic E-state index is 11.8. The van der Waals surface area contributed by atoms with Crippen molar-refractivity contribution in [3.8, 4) is 0 Å². The monoisotopic (exact) mass is 212 g/mol. The van der Waals surface area contributed by atoms with Crippen molar-refractivity contribution in [1.29, 1.82) is 0 Å². The van der Waals surface area contributed by atoms with Crippen molar-refractivity contribution < 1.29 is 9.53 Å². The van der Waals surface area contributed by atoms with E-state index in [1.165, 1.54) is 6.42 Å². The maximum absolute atomic E-state index is 11.8. The number of hydrogen-bond donors (Lipinski definition) is 1. The predicted molar refractivity (Wildman–Crippen MR) is 57.8 cm³/mol. The summed E-state index contributed by atoms with van der Waals surface area (Å²) in [5.74, 6) is 0. The lowest BCUT2D eigenvalue weighted by Gasteiger charge is -2.37. The molecule has 1 heterocycles. The van der Waals surface area contributed by atoms with Crippen LogP contribution in [0.15, 0.2) is 0 Å². The normalized spacial score (nSPS) is 32.3. The van der Waals surface area contributed by atoms with E-state index in [0.29, 0.717) is 12.1 Å². The van der Waals surface area contributed by atoms with Crippen molar-refractivity contribution in [2.24, 2.45) is 0 Å². The average molecular weight is 212 g/mol. The van der Waals surface area contributed by atoms with Gasteiger partial charge in [-0.05, 0) is 33.1 Å². The lowest BCUT2D eigenvalue weighted by molar-refractivity contribution is 0.0190. The van der Waals surface area contributed by atoms with Gasteiger partial charge in [-0.3, -0.25) is 0 Å². The highest BCUT2D eigenvalue weighted by molar-refractivity contribution is 5.68. The van der Waals surface area contributed by atoms with Crippen molar-refractivity contribution in [1.82, 2.24) is 10.2 Å². The van der Waals surface area contributed by atoms with E-state index in [2.05, 4.69) is 19.2 Å². The quantitative estimate of drug-likeness (QED) is 0.713. The van der Waals surface area contributed by atoms with Crippen LogP contribution in [0.5, 0.6) is 0 Å². The van der Waals surface area contributed by atoms with Crippen LogP contribution in [-0.4, -0.2) is 42.3 Å². The minimum Gasteiger partial charge on any atom is -0.446 e. The fourth-order valence-electron chi connectivity index (χ4n) is 2.18. The van der Waals surface area contributed by atoms with Gasteiger partial charge in [-0.15, -0.1) is 0 Å². The average Bonchev–Trinajstić information content (AvgIpc) is 2.09. The minimum absolute atomic E-state index is 0.125. The van der Waals surface area contributed by atoms with Crippen LogP contribution in [0.2, 0.25) is 0 Å². The van der Waals surface area contributed by atoms with Gasteiger partial charge < -0.3 is 15.0 Å². The number of rotatable bonds is 1. The van der Waals surface area contributed by atoms with Crippen LogP contribution in [0, 0.1) is 0 Å². The number of nitrogens with one attached hydrogen (secondary N) is 1. The van der Waals surface area contributed by atoms with Gasteiger partial charge in [0.1, 0.15) is 6.10 Å². The van der Waals surface area contributed by atoms with Crippen molar-refractivity contribution in [3.05, 3.63) is 0 Å². The third-order valence-electron chi connectivity index (χ3n) is 3.14. The number of hydrogen-bond acceptors (Lipinski definition) is 3. The summed E-state index contributed by atoms with van der Waals surface area (Å²) in [4.78, 5) is 13.6. The van der Waals surface area contributed by atoms with Gasteiger partial charge in [-0.2, -0.15) is 0 Å². The van der Waals surface area contributed by atoms with Crippen LogP contribution in [0.1, 0.15) is 33.1 Å². The van der Waals surface area contributed by atoms with Crippen molar-refractivity contribution in [3.63, 3.8) is 0 Å². The molecule has 0 aromatic heterocycles. The molecule has 15 heavy (non-hydrogen) atoms. The summed E-state index contributed by atoms with van der Waals surface area (Å²) in [5.41, 5.74) is 0. The largest absolute Gasteiger partial charge is 0.446 e. The Morgan fingerprint density at radius 1 is 1.27 bits per heavy atom.